The van der Waals surface area contributed by atoms with Crippen LogP contribution in [0.2, 0.25) is 5.02 Å². The van der Waals surface area contributed by atoms with Crippen LogP contribution in [0.3, 0.4) is 0 Å². The van der Waals surface area contributed by atoms with Crippen LogP contribution in [0.15, 0.2) is 29.2 Å². The maximum Gasteiger partial charge on any atom is 0.186 e. The first-order chi connectivity index (χ1) is 4.70. The van der Waals surface area contributed by atoms with E-state index in [2.05, 4.69) is 0 Å². The summed E-state index contributed by atoms with van der Waals surface area (Å²) in [5.74, 6) is 0. The first kappa shape index (κ1) is 11.6. The zero-order valence-electron chi connectivity index (χ0n) is 5.95. The molecule has 0 bridgehead atoms. The van der Waals surface area contributed by atoms with Gasteiger partial charge in [0.15, 0.2) is 11.1 Å². The van der Waals surface area contributed by atoms with Crippen molar-refractivity contribution >= 4 is 52.2 Å². The van der Waals surface area contributed by atoms with Gasteiger partial charge in [0.1, 0.15) is 0 Å². The van der Waals surface area contributed by atoms with Gasteiger partial charge in [0, 0.05) is 34.6 Å². The van der Waals surface area contributed by atoms with Gasteiger partial charge in [0.25, 0.3) is 0 Å². The van der Waals surface area contributed by atoms with Crippen molar-refractivity contribution in [3.8, 4) is 0 Å². The molecule has 1 aromatic rings. The van der Waals surface area contributed by atoms with E-state index >= 15 is 0 Å². The van der Waals surface area contributed by atoms with Crippen LogP contribution >= 0.6 is 11.6 Å². The van der Waals surface area contributed by atoms with E-state index in [4.69, 9.17) is 16.2 Å². The average molecular weight is 200 g/mol. The number of rotatable bonds is 1. The van der Waals surface area contributed by atoms with Gasteiger partial charge in [-0.25, -0.2) is 4.21 Å². The Bertz CT molecular complexity index is 249. The second-order valence-electron chi connectivity index (χ2n) is 1.70. The van der Waals surface area contributed by atoms with Crippen LogP contribution in [0.25, 0.3) is 0 Å². The summed E-state index contributed by atoms with van der Waals surface area (Å²) >= 11 is 3.64. The molecule has 1 atom stereocenters. The number of halogens is 1. The fraction of sp³-hybridized carbons (Fsp3) is 0. The molecule has 11 heavy (non-hydrogen) atoms. The zero-order chi connectivity index (χ0) is 7.56. The molecule has 55 valence electrons. The summed E-state index contributed by atoms with van der Waals surface area (Å²) in [6.45, 7) is 0. The van der Waals surface area contributed by atoms with Gasteiger partial charge in [-0.3, -0.25) is 0 Å². The van der Waals surface area contributed by atoms with Crippen molar-refractivity contribution in [1.82, 2.24) is 0 Å². The average Bonchev–Trinajstić information content (AvgIpc) is 1.88. The van der Waals surface area contributed by atoms with Crippen molar-refractivity contribution in [3.05, 3.63) is 29.3 Å². The van der Waals surface area contributed by atoms with Crippen LogP contribution in [0.4, 0.5) is 0 Å². The third kappa shape index (κ3) is 3.69. The van der Waals surface area contributed by atoms with E-state index in [0.717, 1.165) is 0 Å². The van der Waals surface area contributed by atoms with E-state index in [9.17, 15) is 4.21 Å². The SMILES string of the molecule is O=S(O)c1ccc(Cl)cc1.[Na]. The van der Waals surface area contributed by atoms with Gasteiger partial charge in [0.2, 0.25) is 0 Å². The van der Waals surface area contributed by atoms with Gasteiger partial charge >= 0.3 is 0 Å². The second kappa shape index (κ2) is 5.30. The first-order valence-electron chi connectivity index (χ1n) is 2.56. The van der Waals surface area contributed by atoms with Crippen LogP contribution in [-0.4, -0.2) is 38.3 Å². The molecule has 0 spiro atoms. The van der Waals surface area contributed by atoms with Gasteiger partial charge in [-0.15, -0.1) is 0 Å². The molecular weight excluding hydrogens is 195 g/mol. The van der Waals surface area contributed by atoms with Gasteiger partial charge in [-0.05, 0) is 24.3 Å². The molecule has 2 nitrogen and oxygen atoms in total. The van der Waals surface area contributed by atoms with Crippen LogP contribution in [0.1, 0.15) is 0 Å². The van der Waals surface area contributed by atoms with Crippen LogP contribution in [0.5, 0.6) is 0 Å². The quantitative estimate of drug-likeness (QED) is 0.550. The molecule has 0 aliphatic carbocycles. The number of benzene rings is 1. The number of hydrogen-bond donors (Lipinski definition) is 1. The molecule has 0 aliphatic heterocycles. The fourth-order valence-electron chi connectivity index (χ4n) is 0.551. The molecule has 0 fully saturated rings. The normalized spacial score (nSPS) is 11.8. The standard InChI is InChI=1S/C6H5ClO2S.Na/c7-5-1-3-6(4-2-5)10(8)9;/h1-4H,(H,8,9);. The Morgan fingerprint density at radius 1 is 1.27 bits per heavy atom. The summed E-state index contributed by atoms with van der Waals surface area (Å²) in [6.07, 6.45) is 0. The van der Waals surface area contributed by atoms with Crippen LogP contribution in [0, 0.1) is 0 Å². The molecule has 0 aromatic heterocycles. The minimum atomic E-state index is -1.90. The summed E-state index contributed by atoms with van der Waals surface area (Å²) < 4.78 is 18.9. The minimum Gasteiger partial charge on any atom is -0.302 e. The minimum absolute atomic E-state index is 0. The number of hydrogen-bond acceptors (Lipinski definition) is 1. The summed E-state index contributed by atoms with van der Waals surface area (Å²) in [6, 6.07) is 6.17. The van der Waals surface area contributed by atoms with Crippen molar-refractivity contribution in [1.29, 1.82) is 0 Å². The van der Waals surface area contributed by atoms with Crippen LogP contribution in [-0.2, 0) is 11.1 Å². The summed E-state index contributed by atoms with van der Waals surface area (Å²) in [7, 11) is 0. The summed E-state index contributed by atoms with van der Waals surface area (Å²) in [5.41, 5.74) is 0. The fourth-order valence-corrected chi connectivity index (χ4v) is 1.05. The molecule has 0 aliphatic rings. The first-order valence-corrected chi connectivity index (χ1v) is 4.05. The second-order valence-corrected chi connectivity index (χ2v) is 3.11. The van der Waals surface area contributed by atoms with Crippen molar-refractivity contribution in [2.45, 2.75) is 4.90 Å². The van der Waals surface area contributed by atoms with E-state index in [-0.39, 0.29) is 29.6 Å². The predicted octanol–water partition coefficient (Wildman–Crippen LogP) is 1.54. The van der Waals surface area contributed by atoms with Crippen molar-refractivity contribution in [2.24, 2.45) is 0 Å². The topological polar surface area (TPSA) is 37.3 Å². The Labute approximate surface area is 94.5 Å². The van der Waals surface area contributed by atoms with Gasteiger partial charge in [-0.2, -0.15) is 0 Å². The molecule has 0 saturated carbocycles. The van der Waals surface area contributed by atoms with E-state index < -0.39 is 11.1 Å². The molecule has 1 N–H and O–H groups in total. The van der Waals surface area contributed by atoms with Gasteiger partial charge < -0.3 is 4.55 Å². The smallest absolute Gasteiger partial charge is 0.186 e. The molecule has 1 unspecified atom stereocenters. The maximum absolute atomic E-state index is 10.4. The Hall–Kier alpha value is 0.620. The largest absolute Gasteiger partial charge is 0.302 e. The van der Waals surface area contributed by atoms with E-state index in [1.54, 1.807) is 12.1 Å². The third-order valence-corrected chi connectivity index (χ3v) is 1.94. The summed E-state index contributed by atoms with van der Waals surface area (Å²) in [5, 5.41) is 0.564. The predicted molar refractivity (Wildman–Crippen MR) is 46.2 cm³/mol. The monoisotopic (exact) mass is 199 g/mol. The molecule has 0 amide bonds. The Morgan fingerprint density at radius 3 is 2.09 bits per heavy atom. The Balaban J connectivity index is 0.000001000. The van der Waals surface area contributed by atoms with Gasteiger partial charge in [-0.1, -0.05) is 11.6 Å². The van der Waals surface area contributed by atoms with E-state index in [1.165, 1.54) is 12.1 Å². The zero-order valence-corrected chi connectivity index (χ0v) is 9.52. The molecule has 5 heteroatoms. The molecule has 1 radical (unpaired) electrons. The molecule has 0 heterocycles. The molecule has 1 aromatic carbocycles. The summed E-state index contributed by atoms with van der Waals surface area (Å²) in [4.78, 5) is 0.365. The Morgan fingerprint density at radius 2 is 1.73 bits per heavy atom. The third-order valence-electron chi connectivity index (χ3n) is 1.02. The van der Waals surface area contributed by atoms with Gasteiger partial charge in [0.05, 0.1) is 4.90 Å². The van der Waals surface area contributed by atoms with E-state index in [1.807, 2.05) is 0 Å². The van der Waals surface area contributed by atoms with Crippen molar-refractivity contribution in [3.63, 3.8) is 0 Å². The molecule has 1 rings (SSSR count). The van der Waals surface area contributed by atoms with E-state index in [0.29, 0.717) is 9.92 Å². The Kier molecular flexibility index (Phi) is 5.60. The molecule has 0 saturated heterocycles. The maximum atomic E-state index is 10.4. The van der Waals surface area contributed by atoms with Crippen molar-refractivity contribution < 1.29 is 8.76 Å². The van der Waals surface area contributed by atoms with Crippen LogP contribution < -0.4 is 0 Å². The van der Waals surface area contributed by atoms with Crippen molar-refractivity contribution in [2.75, 3.05) is 0 Å². The molecular formula is C6H5ClNaO2S.